The van der Waals surface area contributed by atoms with Crippen molar-refractivity contribution in [3.8, 4) is 0 Å². The highest BCUT2D eigenvalue weighted by atomic mass is 16.2. The summed E-state index contributed by atoms with van der Waals surface area (Å²) >= 11 is 0. The van der Waals surface area contributed by atoms with Crippen LogP contribution in [0.25, 0.3) is 10.9 Å². The summed E-state index contributed by atoms with van der Waals surface area (Å²) in [5.41, 5.74) is 4.64. The molecule has 27 heavy (non-hydrogen) atoms. The molecule has 0 unspecified atom stereocenters. The number of nitrogens with one attached hydrogen (secondary N) is 2. The Morgan fingerprint density at radius 2 is 1.89 bits per heavy atom. The zero-order chi connectivity index (χ0) is 18.7. The molecule has 2 aliphatic heterocycles. The molecular formula is C21H20N4O2. The van der Waals surface area contributed by atoms with Crippen LogP contribution in [-0.2, 0) is 11.2 Å². The molecule has 0 saturated heterocycles. The maximum Gasteiger partial charge on any atom is 0.258 e. The number of benzene rings is 2. The van der Waals surface area contributed by atoms with Crippen LogP contribution >= 0.6 is 0 Å². The van der Waals surface area contributed by atoms with Crippen molar-refractivity contribution >= 4 is 28.4 Å². The number of carbonyl (C=O) groups is 2. The highest BCUT2D eigenvalue weighted by Crippen LogP contribution is 2.44. The predicted octanol–water partition coefficient (Wildman–Crippen LogP) is 2.43. The molecule has 0 fully saturated rings. The van der Waals surface area contributed by atoms with Crippen LogP contribution < -0.4 is 10.2 Å². The molecule has 2 N–H and O–H groups in total. The molecule has 0 saturated carbocycles. The van der Waals surface area contributed by atoms with E-state index in [1.807, 2.05) is 49.5 Å². The number of likely N-dealkylation sites (N-methyl/N-ethyl adjacent to an activating group) is 1. The van der Waals surface area contributed by atoms with Gasteiger partial charge < -0.3 is 20.1 Å². The monoisotopic (exact) mass is 360 g/mol. The van der Waals surface area contributed by atoms with E-state index >= 15 is 0 Å². The summed E-state index contributed by atoms with van der Waals surface area (Å²) in [7, 11) is 3.60. The smallest absolute Gasteiger partial charge is 0.258 e. The number of aromatic nitrogens is 1. The van der Waals surface area contributed by atoms with E-state index in [9.17, 15) is 9.59 Å². The lowest BCUT2D eigenvalue weighted by molar-refractivity contribution is -0.126. The minimum Gasteiger partial charge on any atom is -0.357 e. The first-order chi connectivity index (χ1) is 13.1. The second-order valence-corrected chi connectivity index (χ2v) is 7.11. The number of hydrogen-bond donors (Lipinski definition) is 2. The van der Waals surface area contributed by atoms with E-state index in [2.05, 4.69) is 21.3 Å². The van der Waals surface area contributed by atoms with Crippen molar-refractivity contribution in [2.45, 2.75) is 18.6 Å². The van der Waals surface area contributed by atoms with Gasteiger partial charge in [0.05, 0.1) is 16.9 Å². The lowest BCUT2D eigenvalue weighted by atomic mass is 9.90. The van der Waals surface area contributed by atoms with Gasteiger partial charge in [-0.15, -0.1) is 0 Å². The zero-order valence-corrected chi connectivity index (χ0v) is 15.2. The number of amides is 2. The number of rotatable bonds is 1. The molecule has 3 aromatic rings. The first-order valence-corrected chi connectivity index (χ1v) is 9.07. The van der Waals surface area contributed by atoms with Crippen molar-refractivity contribution in [3.05, 3.63) is 65.4 Å². The summed E-state index contributed by atoms with van der Waals surface area (Å²) in [4.78, 5) is 33.4. The summed E-state index contributed by atoms with van der Waals surface area (Å²) in [5, 5.41) is 3.85. The van der Waals surface area contributed by atoms with E-state index < -0.39 is 6.04 Å². The Balaban J connectivity index is 1.78. The van der Waals surface area contributed by atoms with Gasteiger partial charge in [0, 0.05) is 31.4 Å². The van der Waals surface area contributed by atoms with Crippen LogP contribution in [-0.4, -0.2) is 41.8 Å². The molecule has 0 spiro atoms. The van der Waals surface area contributed by atoms with Crippen molar-refractivity contribution < 1.29 is 9.59 Å². The number of nitrogens with zero attached hydrogens (tertiary/aromatic N) is 2. The normalized spacial score (nSPS) is 20.9. The van der Waals surface area contributed by atoms with Gasteiger partial charge in [-0.2, -0.15) is 0 Å². The molecule has 136 valence electrons. The number of para-hydroxylation sites is 2. The van der Waals surface area contributed by atoms with E-state index in [-0.39, 0.29) is 18.0 Å². The molecule has 0 bridgehead atoms. The van der Waals surface area contributed by atoms with Crippen molar-refractivity contribution in [3.63, 3.8) is 0 Å². The minimum atomic E-state index is -0.546. The van der Waals surface area contributed by atoms with Gasteiger partial charge in [-0.3, -0.25) is 9.59 Å². The maximum atomic E-state index is 13.4. The number of hydrogen-bond acceptors (Lipinski definition) is 3. The van der Waals surface area contributed by atoms with Crippen molar-refractivity contribution in [2.75, 3.05) is 19.0 Å². The molecule has 2 atom stereocenters. The molecule has 0 radical (unpaired) electrons. The molecular weight excluding hydrogens is 340 g/mol. The molecule has 2 aliphatic rings. The van der Waals surface area contributed by atoms with E-state index in [0.717, 1.165) is 27.8 Å². The lowest BCUT2D eigenvalue weighted by Crippen LogP contribution is -2.59. The van der Waals surface area contributed by atoms with Gasteiger partial charge >= 0.3 is 0 Å². The molecule has 6 nitrogen and oxygen atoms in total. The number of aromatic amines is 1. The fourth-order valence-corrected chi connectivity index (χ4v) is 4.51. The van der Waals surface area contributed by atoms with Crippen LogP contribution in [0.5, 0.6) is 0 Å². The Morgan fingerprint density at radius 3 is 2.70 bits per heavy atom. The Labute approximate surface area is 156 Å². The van der Waals surface area contributed by atoms with E-state index in [1.165, 1.54) is 0 Å². The third-order valence-corrected chi connectivity index (χ3v) is 5.77. The van der Waals surface area contributed by atoms with Gasteiger partial charge in [0.15, 0.2) is 0 Å². The van der Waals surface area contributed by atoms with Gasteiger partial charge in [-0.1, -0.05) is 30.3 Å². The highest BCUT2D eigenvalue weighted by molar-refractivity contribution is 6.05. The predicted molar refractivity (Wildman–Crippen MR) is 104 cm³/mol. The lowest BCUT2D eigenvalue weighted by Gasteiger charge is -2.49. The standard InChI is InChI=1S/C21H20N4O2/c1-22-19(26)17-11-14-12-7-3-5-9-15(12)23-18(14)20-24(2)16-10-6-4-8-13(16)21(27)25(17)20/h3-10,17,20,23H,11H2,1-2H3,(H,22,26)/t17-,20-/m1/s1. The average Bonchev–Trinajstić information content (AvgIpc) is 3.08. The number of H-pyrrole nitrogens is 1. The van der Waals surface area contributed by atoms with Crippen molar-refractivity contribution in [1.82, 2.24) is 15.2 Å². The van der Waals surface area contributed by atoms with Crippen LogP contribution in [0.1, 0.15) is 27.8 Å². The number of fused-ring (bicyclic) bond motifs is 6. The van der Waals surface area contributed by atoms with Crippen LogP contribution in [0.15, 0.2) is 48.5 Å². The zero-order valence-electron chi connectivity index (χ0n) is 15.2. The Morgan fingerprint density at radius 1 is 1.15 bits per heavy atom. The van der Waals surface area contributed by atoms with Gasteiger partial charge in [0.25, 0.3) is 5.91 Å². The number of carbonyl (C=O) groups excluding carboxylic acids is 2. The summed E-state index contributed by atoms with van der Waals surface area (Å²) < 4.78 is 0. The van der Waals surface area contributed by atoms with Crippen LogP contribution in [0, 0.1) is 0 Å². The fourth-order valence-electron chi connectivity index (χ4n) is 4.51. The van der Waals surface area contributed by atoms with Crippen LogP contribution in [0.4, 0.5) is 5.69 Å². The van der Waals surface area contributed by atoms with Gasteiger partial charge in [0.2, 0.25) is 5.91 Å². The SMILES string of the molecule is CNC(=O)[C@H]1Cc2c([nH]c3ccccc23)[C@@H]2N(C)c3ccccc3C(=O)N12. The first-order valence-electron chi connectivity index (χ1n) is 9.07. The molecule has 3 heterocycles. The fraction of sp³-hybridized carbons (Fsp3) is 0.238. The van der Waals surface area contributed by atoms with Crippen molar-refractivity contribution in [2.24, 2.45) is 0 Å². The van der Waals surface area contributed by atoms with Crippen LogP contribution in [0.3, 0.4) is 0 Å². The maximum absolute atomic E-state index is 13.4. The van der Waals surface area contributed by atoms with Crippen molar-refractivity contribution in [1.29, 1.82) is 0 Å². The molecule has 0 aliphatic carbocycles. The van der Waals surface area contributed by atoms with E-state index in [1.54, 1.807) is 11.9 Å². The second-order valence-electron chi connectivity index (χ2n) is 7.11. The summed E-state index contributed by atoms with van der Waals surface area (Å²) in [5.74, 6) is -0.247. The first kappa shape index (κ1) is 15.9. The van der Waals surface area contributed by atoms with Gasteiger partial charge in [-0.25, -0.2) is 0 Å². The number of anilines is 1. The molecule has 2 amide bonds. The quantitative estimate of drug-likeness (QED) is 0.700. The highest BCUT2D eigenvalue weighted by Gasteiger charge is 2.47. The van der Waals surface area contributed by atoms with Gasteiger partial charge in [0.1, 0.15) is 12.2 Å². The molecule has 2 aromatic carbocycles. The topological polar surface area (TPSA) is 68.4 Å². The summed E-state index contributed by atoms with van der Waals surface area (Å²) in [6.07, 6.45) is 0.155. The van der Waals surface area contributed by atoms with E-state index in [4.69, 9.17) is 0 Å². The Kier molecular flexibility index (Phi) is 3.31. The Hall–Kier alpha value is -3.28. The van der Waals surface area contributed by atoms with Crippen LogP contribution in [0.2, 0.25) is 0 Å². The van der Waals surface area contributed by atoms with Gasteiger partial charge in [-0.05, 0) is 23.8 Å². The van der Waals surface area contributed by atoms with E-state index in [0.29, 0.717) is 12.0 Å². The third-order valence-electron chi connectivity index (χ3n) is 5.77. The Bertz CT molecular complexity index is 1090. The molecule has 1 aromatic heterocycles. The summed E-state index contributed by atoms with van der Waals surface area (Å²) in [6.45, 7) is 0. The average molecular weight is 360 g/mol. The third kappa shape index (κ3) is 2.07. The largest absolute Gasteiger partial charge is 0.357 e. The molecule has 5 rings (SSSR count). The second kappa shape index (κ2) is 5.61. The summed E-state index contributed by atoms with van der Waals surface area (Å²) in [6, 6.07) is 15.1. The molecule has 6 heteroatoms. The minimum absolute atomic E-state index is 0.105.